The summed E-state index contributed by atoms with van der Waals surface area (Å²) >= 11 is 0. The standard InChI is InChI=1S/C16H19F2NO4/c1-9-3-2-4-12(23-16(17)18)13(9)19-14(20)10-5-7-11(8-6-10)15(21)22/h2-4,10-11,16H,5-8H2,1H3,(H,19,20)(H,21,22). The largest absolute Gasteiger partial charge is 0.481 e. The van der Waals surface area contributed by atoms with Crippen LogP contribution in [0, 0.1) is 18.8 Å². The zero-order valence-corrected chi connectivity index (χ0v) is 12.7. The molecule has 0 saturated heterocycles. The number of benzene rings is 1. The molecule has 0 unspecified atom stereocenters. The summed E-state index contributed by atoms with van der Waals surface area (Å²) in [4.78, 5) is 23.3. The summed E-state index contributed by atoms with van der Waals surface area (Å²) in [5.74, 6) is -1.93. The van der Waals surface area contributed by atoms with Crippen LogP contribution in [0.1, 0.15) is 31.2 Å². The van der Waals surface area contributed by atoms with Gasteiger partial charge in [-0.05, 0) is 44.2 Å². The first kappa shape index (κ1) is 17.2. The summed E-state index contributed by atoms with van der Waals surface area (Å²) in [6.07, 6.45) is 1.84. The Morgan fingerprint density at radius 3 is 2.39 bits per heavy atom. The maximum Gasteiger partial charge on any atom is 0.387 e. The zero-order valence-electron chi connectivity index (χ0n) is 12.7. The summed E-state index contributed by atoms with van der Waals surface area (Å²) in [5.41, 5.74) is 0.855. The lowest BCUT2D eigenvalue weighted by molar-refractivity contribution is -0.143. The van der Waals surface area contributed by atoms with Crippen molar-refractivity contribution in [2.24, 2.45) is 11.8 Å². The van der Waals surface area contributed by atoms with Crippen LogP contribution in [0.3, 0.4) is 0 Å². The lowest BCUT2D eigenvalue weighted by Crippen LogP contribution is -2.30. The molecule has 0 bridgehead atoms. The number of carboxylic acid groups (broad SMARTS) is 1. The highest BCUT2D eigenvalue weighted by Gasteiger charge is 2.30. The number of carbonyl (C=O) groups excluding carboxylic acids is 1. The van der Waals surface area contributed by atoms with Gasteiger partial charge in [0.2, 0.25) is 5.91 Å². The number of hydrogen-bond acceptors (Lipinski definition) is 3. The molecule has 2 rings (SSSR count). The van der Waals surface area contributed by atoms with Crippen LogP contribution in [-0.2, 0) is 9.59 Å². The lowest BCUT2D eigenvalue weighted by atomic mass is 9.81. The van der Waals surface area contributed by atoms with Crippen molar-refractivity contribution in [2.45, 2.75) is 39.2 Å². The van der Waals surface area contributed by atoms with E-state index in [0.717, 1.165) is 0 Å². The average Bonchev–Trinajstić information content (AvgIpc) is 2.50. The number of aryl methyl sites for hydroxylation is 1. The fourth-order valence-electron chi connectivity index (χ4n) is 2.82. The van der Waals surface area contributed by atoms with Crippen molar-refractivity contribution in [2.75, 3.05) is 5.32 Å². The number of halogens is 2. The molecule has 0 aromatic heterocycles. The summed E-state index contributed by atoms with van der Waals surface area (Å²) < 4.78 is 29.3. The first-order chi connectivity index (χ1) is 10.9. The van der Waals surface area contributed by atoms with Crippen molar-refractivity contribution in [1.29, 1.82) is 0 Å². The molecule has 126 valence electrons. The number of carbonyl (C=O) groups is 2. The van der Waals surface area contributed by atoms with Crippen molar-refractivity contribution >= 4 is 17.6 Å². The van der Waals surface area contributed by atoms with Gasteiger partial charge in [0.15, 0.2) is 0 Å². The molecule has 7 heteroatoms. The highest BCUT2D eigenvalue weighted by atomic mass is 19.3. The van der Waals surface area contributed by atoms with Crippen LogP contribution in [0.5, 0.6) is 5.75 Å². The lowest BCUT2D eigenvalue weighted by Gasteiger charge is -2.25. The van der Waals surface area contributed by atoms with Gasteiger partial charge in [-0.2, -0.15) is 8.78 Å². The van der Waals surface area contributed by atoms with E-state index in [1.807, 2.05) is 0 Å². The predicted octanol–water partition coefficient (Wildman–Crippen LogP) is 3.43. The normalized spacial score (nSPS) is 21.0. The molecule has 1 amide bonds. The van der Waals surface area contributed by atoms with E-state index < -0.39 is 18.5 Å². The van der Waals surface area contributed by atoms with Crippen molar-refractivity contribution in [1.82, 2.24) is 0 Å². The summed E-state index contributed by atoms with van der Waals surface area (Å²) in [5, 5.41) is 11.6. The van der Waals surface area contributed by atoms with E-state index in [2.05, 4.69) is 10.1 Å². The number of ether oxygens (including phenoxy) is 1. The van der Waals surface area contributed by atoms with Crippen LogP contribution in [0.2, 0.25) is 0 Å². The summed E-state index contributed by atoms with van der Waals surface area (Å²) in [6.45, 7) is -1.28. The van der Waals surface area contributed by atoms with Gasteiger partial charge < -0.3 is 15.2 Å². The van der Waals surface area contributed by atoms with Crippen molar-refractivity contribution in [3.8, 4) is 5.75 Å². The SMILES string of the molecule is Cc1cccc(OC(F)F)c1NC(=O)C1CCC(C(=O)O)CC1. The third-order valence-electron chi connectivity index (χ3n) is 4.15. The maximum absolute atomic E-state index is 12.5. The molecule has 1 saturated carbocycles. The van der Waals surface area contributed by atoms with E-state index in [1.54, 1.807) is 19.1 Å². The van der Waals surface area contributed by atoms with Gasteiger partial charge in [-0.3, -0.25) is 9.59 Å². The average molecular weight is 327 g/mol. The number of anilines is 1. The second kappa shape index (κ2) is 7.39. The molecule has 1 aliphatic carbocycles. The summed E-state index contributed by atoms with van der Waals surface area (Å²) in [6, 6.07) is 4.63. The molecule has 1 aromatic carbocycles. The molecular weight excluding hydrogens is 308 g/mol. The van der Waals surface area contributed by atoms with Gasteiger partial charge in [0.05, 0.1) is 11.6 Å². The van der Waals surface area contributed by atoms with Gasteiger partial charge in [0, 0.05) is 5.92 Å². The van der Waals surface area contributed by atoms with Crippen molar-refractivity contribution < 1.29 is 28.2 Å². The smallest absolute Gasteiger partial charge is 0.387 e. The van der Waals surface area contributed by atoms with E-state index in [9.17, 15) is 18.4 Å². The minimum Gasteiger partial charge on any atom is -0.481 e. The number of nitrogens with one attached hydrogen (secondary N) is 1. The third-order valence-corrected chi connectivity index (χ3v) is 4.15. The van der Waals surface area contributed by atoms with Crippen molar-refractivity contribution in [3.63, 3.8) is 0 Å². The molecule has 1 fully saturated rings. The molecule has 1 aliphatic rings. The Morgan fingerprint density at radius 2 is 1.83 bits per heavy atom. The van der Waals surface area contributed by atoms with Gasteiger partial charge in [-0.15, -0.1) is 0 Å². The van der Waals surface area contributed by atoms with Gasteiger partial charge in [0.25, 0.3) is 0 Å². The Kier molecular flexibility index (Phi) is 5.52. The highest BCUT2D eigenvalue weighted by molar-refractivity contribution is 5.95. The van der Waals surface area contributed by atoms with Crippen LogP contribution < -0.4 is 10.1 Å². The van der Waals surface area contributed by atoms with E-state index in [0.29, 0.717) is 31.2 Å². The zero-order chi connectivity index (χ0) is 17.0. The number of aliphatic carboxylic acids is 1. The van der Waals surface area contributed by atoms with Crippen LogP contribution >= 0.6 is 0 Å². The Balaban J connectivity index is 2.05. The first-order valence-electron chi connectivity index (χ1n) is 7.46. The molecule has 0 aliphatic heterocycles. The van der Waals surface area contributed by atoms with Gasteiger partial charge in [-0.25, -0.2) is 0 Å². The van der Waals surface area contributed by atoms with Gasteiger partial charge in [-0.1, -0.05) is 12.1 Å². The number of carboxylic acids is 1. The van der Waals surface area contributed by atoms with E-state index in [1.165, 1.54) is 6.07 Å². The fraction of sp³-hybridized carbons (Fsp3) is 0.500. The first-order valence-corrected chi connectivity index (χ1v) is 7.46. The van der Waals surface area contributed by atoms with Crippen LogP contribution in [0.25, 0.3) is 0 Å². The second-order valence-electron chi connectivity index (χ2n) is 5.70. The monoisotopic (exact) mass is 327 g/mol. The Labute approximate surface area is 132 Å². The molecule has 23 heavy (non-hydrogen) atoms. The Morgan fingerprint density at radius 1 is 1.22 bits per heavy atom. The molecule has 5 nitrogen and oxygen atoms in total. The van der Waals surface area contributed by atoms with E-state index in [-0.39, 0.29) is 23.3 Å². The van der Waals surface area contributed by atoms with E-state index in [4.69, 9.17) is 5.11 Å². The number of amides is 1. The van der Waals surface area contributed by atoms with Crippen LogP contribution in [0.4, 0.5) is 14.5 Å². The fourth-order valence-corrected chi connectivity index (χ4v) is 2.82. The predicted molar refractivity (Wildman–Crippen MR) is 79.5 cm³/mol. The number of rotatable bonds is 5. The molecule has 0 heterocycles. The quantitative estimate of drug-likeness (QED) is 0.869. The topological polar surface area (TPSA) is 75.6 Å². The molecule has 0 radical (unpaired) electrons. The number of alkyl halides is 2. The number of para-hydroxylation sites is 1. The molecule has 1 aromatic rings. The minimum absolute atomic E-state index is 0.0763. The molecule has 0 atom stereocenters. The van der Waals surface area contributed by atoms with E-state index >= 15 is 0 Å². The van der Waals surface area contributed by atoms with Crippen LogP contribution in [0.15, 0.2) is 18.2 Å². The Bertz CT molecular complexity index is 583. The molecule has 2 N–H and O–H groups in total. The highest BCUT2D eigenvalue weighted by Crippen LogP contribution is 2.33. The second-order valence-corrected chi connectivity index (χ2v) is 5.70. The number of hydrogen-bond donors (Lipinski definition) is 2. The maximum atomic E-state index is 12.5. The third kappa shape index (κ3) is 4.40. The summed E-state index contributed by atoms with van der Waals surface area (Å²) in [7, 11) is 0. The molecule has 0 spiro atoms. The molecular formula is C16H19F2NO4. The van der Waals surface area contributed by atoms with Gasteiger partial charge in [0.1, 0.15) is 5.75 Å². The van der Waals surface area contributed by atoms with Gasteiger partial charge >= 0.3 is 12.6 Å². The van der Waals surface area contributed by atoms with Crippen LogP contribution in [-0.4, -0.2) is 23.6 Å². The Hall–Kier alpha value is -2.18. The minimum atomic E-state index is -2.97. The van der Waals surface area contributed by atoms with Crippen molar-refractivity contribution in [3.05, 3.63) is 23.8 Å².